The van der Waals surface area contributed by atoms with Gasteiger partial charge in [-0.15, -0.1) is 0 Å². The quantitative estimate of drug-likeness (QED) is 0.873. The molecule has 1 aromatic heterocycles. The van der Waals surface area contributed by atoms with Crippen LogP contribution in [0.15, 0.2) is 31.7 Å². The molecule has 1 aromatic carbocycles. The number of halogens is 2. The summed E-state index contributed by atoms with van der Waals surface area (Å²) in [4.78, 5) is 4.22. The summed E-state index contributed by atoms with van der Waals surface area (Å²) in [5.41, 5.74) is 0.806. The maximum absolute atomic E-state index is 9.79. The average Bonchev–Trinajstić information content (AvgIpc) is 2.78. The zero-order valence-corrected chi connectivity index (χ0v) is 12.9. The largest absolute Gasteiger partial charge is 0.385 e. The number of hydrogen-bond acceptors (Lipinski definition) is 4. The number of aliphatic hydroxyl groups excluding tert-OH is 1. The predicted octanol–water partition coefficient (Wildman–Crippen LogP) is 4.10. The number of hydrogen-bond donors (Lipinski definition) is 1. The van der Waals surface area contributed by atoms with Crippen molar-refractivity contribution >= 4 is 31.9 Å². The molecule has 1 heterocycles. The number of nitrogens with zero attached hydrogens (tertiary/aromatic N) is 2. The van der Waals surface area contributed by atoms with E-state index in [1.165, 1.54) is 0 Å². The number of aliphatic hydroxyl groups is 1. The summed E-state index contributed by atoms with van der Waals surface area (Å²) < 4.78 is 6.99. The first kappa shape index (κ1) is 13.7. The smallest absolute Gasteiger partial charge is 0.259 e. The Morgan fingerprint density at radius 2 is 2.17 bits per heavy atom. The maximum atomic E-state index is 9.79. The van der Waals surface area contributed by atoms with Crippen LogP contribution < -0.4 is 0 Å². The van der Waals surface area contributed by atoms with Crippen molar-refractivity contribution in [3.8, 4) is 11.5 Å². The molecule has 0 fully saturated rings. The van der Waals surface area contributed by atoms with Gasteiger partial charge in [-0.3, -0.25) is 0 Å². The van der Waals surface area contributed by atoms with E-state index in [-0.39, 0.29) is 0 Å². The second kappa shape index (κ2) is 5.95. The fraction of sp³-hybridized carbons (Fsp3) is 0.333. The number of benzene rings is 1. The molecular weight excluding hydrogens is 364 g/mol. The van der Waals surface area contributed by atoms with Gasteiger partial charge < -0.3 is 9.63 Å². The number of rotatable bonds is 4. The third kappa shape index (κ3) is 2.99. The summed E-state index contributed by atoms with van der Waals surface area (Å²) in [6.07, 6.45) is 0.828. The highest BCUT2D eigenvalue weighted by molar-refractivity contribution is 9.11. The number of aromatic nitrogens is 2. The van der Waals surface area contributed by atoms with E-state index in [1.54, 1.807) is 0 Å². The average molecular weight is 376 g/mol. The van der Waals surface area contributed by atoms with Crippen LogP contribution in [0.2, 0.25) is 0 Å². The van der Waals surface area contributed by atoms with Crippen molar-refractivity contribution in [3.63, 3.8) is 0 Å². The standard InChI is InChI=1S/C12H12Br2N2O2/c1-2-3-10(17)11-15-12(18-16-11)8-5-4-7(13)6-9(8)14/h4-6,10,17H,2-3H2,1H3. The van der Waals surface area contributed by atoms with Gasteiger partial charge in [0.25, 0.3) is 5.89 Å². The van der Waals surface area contributed by atoms with Crippen LogP contribution in [0.25, 0.3) is 11.5 Å². The lowest BCUT2D eigenvalue weighted by atomic mass is 10.2. The second-order valence-electron chi connectivity index (χ2n) is 3.89. The van der Waals surface area contributed by atoms with Gasteiger partial charge in [0, 0.05) is 8.95 Å². The van der Waals surface area contributed by atoms with Gasteiger partial charge >= 0.3 is 0 Å². The Kier molecular flexibility index (Phi) is 4.53. The molecule has 1 atom stereocenters. The Bertz CT molecular complexity index is 543. The molecule has 0 amide bonds. The molecule has 0 bridgehead atoms. The summed E-state index contributed by atoms with van der Waals surface area (Å²) in [5, 5.41) is 13.6. The first-order valence-electron chi connectivity index (χ1n) is 5.59. The monoisotopic (exact) mass is 374 g/mol. The van der Waals surface area contributed by atoms with Gasteiger partial charge in [0.05, 0.1) is 5.56 Å². The van der Waals surface area contributed by atoms with Crippen molar-refractivity contribution < 1.29 is 9.63 Å². The van der Waals surface area contributed by atoms with Crippen LogP contribution in [0.3, 0.4) is 0 Å². The molecule has 18 heavy (non-hydrogen) atoms. The Morgan fingerprint density at radius 1 is 1.39 bits per heavy atom. The Hall–Kier alpha value is -0.720. The van der Waals surface area contributed by atoms with Crippen molar-refractivity contribution in [2.24, 2.45) is 0 Å². The predicted molar refractivity (Wildman–Crippen MR) is 75.0 cm³/mol. The summed E-state index contributed by atoms with van der Waals surface area (Å²) in [7, 11) is 0. The van der Waals surface area contributed by atoms with E-state index < -0.39 is 6.10 Å². The van der Waals surface area contributed by atoms with E-state index in [9.17, 15) is 5.11 Å². The molecule has 96 valence electrons. The third-order valence-electron chi connectivity index (χ3n) is 2.46. The molecule has 0 aliphatic heterocycles. The molecule has 0 saturated carbocycles. The van der Waals surface area contributed by atoms with Gasteiger partial charge in [-0.2, -0.15) is 4.98 Å². The Labute approximate surface area is 122 Å². The lowest BCUT2D eigenvalue weighted by molar-refractivity contribution is 0.153. The summed E-state index contributed by atoms with van der Waals surface area (Å²) in [6, 6.07) is 5.67. The molecule has 1 unspecified atom stereocenters. The molecule has 1 N–H and O–H groups in total. The third-order valence-corrected chi connectivity index (χ3v) is 3.61. The normalized spacial score (nSPS) is 12.7. The van der Waals surface area contributed by atoms with Gasteiger partial charge in [-0.1, -0.05) is 34.4 Å². The van der Waals surface area contributed by atoms with E-state index in [4.69, 9.17) is 4.52 Å². The van der Waals surface area contributed by atoms with Crippen LogP contribution in [0.5, 0.6) is 0 Å². The van der Waals surface area contributed by atoms with Gasteiger partial charge in [0.2, 0.25) is 5.82 Å². The first-order chi connectivity index (χ1) is 8.61. The van der Waals surface area contributed by atoms with E-state index in [2.05, 4.69) is 42.0 Å². The van der Waals surface area contributed by atoms with E-state index >= 15 is 0 Å². The highest BCUT2D eigenvalue weighted by Crippen LogP contribution is 2.30. The SMILES string of the molecule is CCCC(O)c1noc(-c2ccc(Br)cc2Br)n1. The minimum Gasteiger partial charge on any atom is -0.385 e. The van der Waals surface area contributed by atoms with Crippen LogP contribution in [0.4, 0.5) is 0 Å². The fourth-order valence-corrected chi connectivity index (χ4v) is 2.76. The molecule has 0 radical (unpaired) electrons. The molecule has 2 rings (SSSR count). The molecule has 0 aliphatic rings. The first-order valence-corrected chi connectivity index (χ1v) is 7.17. The van der Waals surface area contributed by atoms with Crippen LogP contribution in [0.1, 0.15) is 31.7 Å². The van der Waals surface area contributed by atoms with Crippen LogP contribution in [-0.4, -0.2) is 15.2 Å². The minimum absolute atomic E-state index is 0.335. The zero-order valence-electron chi connectivity index (χ0n) is 9.73. The summed E-state index contributed by atoms with van der Waals surface area (Å²) >= 11 is 6.82. The second-order valence-corrected chi connectivity index (χ2v) is 5.66. The van der Waals surface area contributed by atoms with E-state index in [0.717, 1.165) is 20.9 Å². The maximum Gasteiger partial charge on any atom is 0.259 e. The zero-order chi connectivity index (χ0) is 13.1. The molecule has 2 aromatic rings. The lowest BCUT2D eigenvalue weighted by Gasteiger charge is -2.01. The van der Waals surface area contributed by atoms with Crippen LogP contribution >= 0.6 is 31.9 Å². The van der Waals surface area contributed by atoms with Crippen molar-refractivity contribution in [3.05, 3.63) is 33.0 Å². The van der Waals surface area contributed by atoms with Crippen molar-refractivity contribution in [1.82, 2.24) is 10.1 Å². The molecule has 4 nitrogen and oxygen atoms in total. The van der Waals surface area contributed by atoms with Crippen LogP contribution in [0, 0.1) is 0 Å². The highest BCUT2D eigenvalue weighted by Gasteiger charge is 2.17. The van der Waals surface area contributed by atoms with E-state index in [0.29, 0.717) is 18.1 Å². The van der Waals surface area contributed by atoms with Gasteiger partial charge in [-0.05, 0) is 40.5 Å². The lowest BCUT2D eigenvalue weighted by Crippen LogP contribution is -1.98. The van der Waals surface area contributed by atoms with E-state index in [1.807, 2.05) is 25.1 Å². The minimum atomic E-state index is -0.665. The summed E-state index contributed by atoms with van der Waals surface area (Å²) in [6.45, 7) is 2.00. The molecule has 6 heteroatoms. The molecule has 0 saturated heterocycles. The Morgan fingerprint density at radius 3 is 2.83 bits per heavy atom. The fourth-order valence-electron chi connectivity index (χ4n) is 1.55. The summed E-state index contributed by atoms with van der Waals surface area (Å²) in [5.74, 6) is 0.737. The highest BCUT2D eigenvalue weighted by atomic mass is 79.9. The molecular formula is C12H12Br2N2O2. The molecule has 0 aliphatic carbocycles. The van der Waals surface area contributed by atoms with Crippen molar-refractivity contribution in [2.45, 2.75) is 25.9 Å². The topological polar surface area (TPSA) is 59.2 Å². The van der Waals surface area contributed by atoms with Crippen LogP contribution in [-0.2, 0) is 0 Å². The van der Waals surface area contributed by atoms with Gasteiger partial charge in [0.1, 0.15) is 6.10 Å². The van der Waals surface area contributed by atoms with Crippen molar-refractivity contribution in [1.29, 1.82) is 0 Å². The van der Waals surface area contributed by atoms with Gasteiger partial charge in [-0.25, -0.2) is 0 Å². The molecule has 0 spiro atoms. The van der Waals surface area contributed by atoms with Crippen molar-refractivity contribution in [2.75, 3.05) is 0 Å². The Balaban J connectivity index is 2.29. The van der Waals surface area contributed by atoms with Gasteiger partial charge in [0.15, 0.2) is 0 Å².